The molecule has 4 aliphatic heterocycles. The predicted molar refractivity (Wildman–Crippen MR) is 101 cm³/mol. The van der Waals surface area contributed by atoms with Crippen LogP contribution in [-0.2, 0) is 14.8 Å². The normalized spacial score (nSPS) is 32.0. The Morgan fingerprint density at radius 1 is 1.07 bits per heavy atom. The van der Waals surface area contributed by atoms with Crippen LogP contribution in [0.3, 0.4) is 0 Å². The van der Waals surface area contributed by atoms with Gasteiger partial charge in [0.25, 0.3) is 0 Å². The number of alkyl halides is 2. The monoisotopic (exact) mass is 428 g/mol. The minimum atomic E-state index is -3.65. The molecule has 0 radical (unpaired) electrons. The molecule has 160 valence electrons. The van der Waals surface area contributed by atoms with Crippen molar-refractivity contribution in [3.05, 3.63) is 24.3 Å². The molecule has 4 aliphatic rings. The molecule has 2 bridgehead atoms. The highest BCUT2D eigenvalue weighted by Gasteiger charge is 2.51. The summed E-state index contributed by atoms with van der Waals surface area (Å²) in [6, 6.07) is 5.75. The standard InChI is InChI=1S/C20H26F2N2O4S/c21-19(22)28-17-3-5-18(6-4-17)29(25,26)24-14-1-2-15(24)10-16(9-14)23-8-7-20(11-23)12-27-13-20/h3-6,14-16,19H,1-2,7-13H2. The fourth-order valence-corrected chi connectivity index (χ4v) is 7.51. The van der Waals surface area contributed by atoms with Crippen LogP contribution in [0.4, 0.5) is 8.78 Å². The van der Waals surface area contributed by atoms with Crippen molar-refractivity contribution < 1.29 is 26.7 Å². The maximum absolute atomic E-state index is 13.3. The smallest absolute Gasteiger partial charge is 0.387 e. The average molecular weight is 429 g/mol. The lowest BCUT2D eigenvalue weighted by molar-refractivity contribution is -0.107. The van der Waals surface area contributed by atoms with E-state index in [1.165, 1.54) is 30.7 Å². The lowest BCUT2D eigenvalue weighted by Gasteiger charge is -2.43. The Balaban J connectivity index is 1.30. The molecule has 4 heterocycles. The minimum Gasteiger partial charge on any atom is -0.435 e. The number of hydrogen-bond donors (Lipinski definition) is 0. The zero-order chi connectivity index (χ0) is 20.2. The van der Waals surface area contributed by atoms with Gasteiger partial charge in [-0.25, -0.2) is 8.42 Å². The summed E-state index contributed by atoms with van der Waals surface area (Å²) in [5.41, 5.74) is 0.338. The number of rotatable bonds is 5. The summed E-state index contributed by atoms with van der Waals surface area (Å²) in [7, 11) is -3.65. The number of fused-ring (bicyclic) bond motifs is 2. The zero-order valence-electron chi connectivity index (χ0n) is 16.2. The van der Waals surface area contributed by atoms with E-state index < -0.39 is 16.6 Å². The van der Waals surface area contributed by atoms with Gasteiger partial charge in [-0.1, -0.05) is 0 Å². The molecule has 1 aromatic rings. The number of halogens is 2. The van der Waals surface area contributed by atoms with Crippen molar-refractivity contribution in [3.63, 3.8) is 0 Å². The van der Waals surface area contributed by atoms with Gasteiger partial charge in [-0.15, -0.1) is 0 Å². The average Bonchev–Trinajstić information content (AvgIpc) is 3.22. The van der Waals surface area contributed by atoms with Gasteiger partial charge in [-0.2, -0.15) is 13.1 Å². The van der Waals surface area contributed by atoms with Gasteiger partial charge in [0.05, 0.1) is 18.1 Å². The number of piperidine rings is 1. The molecular weight excluding hydrogens is 402 g/mol. The van der Waals surface area contributed by atoms with E-state index >= 15 is 0 Å². The highest BCUT2D eigenvalue weighted by atomic mass is 32.2. The molecule has 0 aliphatic carbocycles. The van der Waals surface area contributed by atoms with E-state index in [-0.39, 0.29) is 22.7 Å². The van der Waals surface area contributed by atoms with Gasteiger partial charge in [0.1, 0.15) is 5.75 Å². The fraction of sp³-hybridized carbons (Fsp3) is 0.700. The molecule has 0 N–H and O–H groups in total. The first-order valence-electron chi connectivity index (χ1n) is 10.3. The van der Waals surface area contributed by atoms with Crippen LogP contribution in [0.25, 0.3) is 0 Å². The molecule has 0 saturated carbocycles. The van der Waals surface area contributed by atoms with Crippen LogP contribution in [-0.4, -0.2) is 68.7 Å². The molecule has 2 atom stereocenters. The van der Waals surface area contributed by atoms with E-state index in [4.69, 9.17) is 4.74 Å². The van der Waals surface area contributed by atoms with Crippen LogP contribution in [0.15, 0.2) is 29.2 Å². The highest BCUT2D eigenvalue weighted by molar-refractivity contribution is 7.89. The molecule has 2 unspecified atom stereocenters. The summed E-state index contributed by atoms with van der Waals surface area (Å²) in [5.74, 6) is -0.0384. The zero-order valence-corrected chi connectivity index (χ0v) is 17.0. The molecule has 1 spiro atoms. The Morgan fingerprint density at radius 2 is 1.72 bits per heavy atom. The van der Waals surface area contributed by atoms with Crippen LogP contribution in [0.1, 0.15) is 32.1 Å². The van der Waals surface area contributed by atoms with Gasteiger partial charge in [-0.3, -0.25) is 4.90 Å². The first-order chi connectivity index (χ1) is 13.9. The van der Waals surface area contributed by atoms with Gasteiger partial charge in [0, 0.05) is 30.1 Å². The molecular formula is C20H26F2N2O4S. The molecule has 4 saturated heterocycles. The maximum Gasteiger partial charge on any atom is 0.387 e. The minimum absolute atomic E-state index is 0.00920. The number of benzene rings is 1. The van der Waals surface area contributed by atoms with Crippen molar-refractivity contribution in [1.82, 2.24) is 9.21 Å². The van der Waals surface area contributed by atoms with E-state index in [9.17, 15) is 17.2 Å². The quantitative estimate of drug-likeness (QED) is 0.722. The number of ether oxygens (including phenoxy) is 2. The Morgan fingerprint density at radius 3 is 2.24 bits per heavy atom. The second-order valence-electron chi connectivity index (χ2n) is 8.91. The summed E-state index contributed by atoms with van der Waals surface area (Å²) in [6.07, 6.45) is 4.66. The largest absolute Gasteiger partial charge is 0.435 e. The van der Waals surface area contributed by atoms with Crippen LogP contribution in [0.2, 0.25) is 0 Å². The third kappa shape index (κ3) is 3.45. The van der Waals surface area contributed by atoms with Crippen LogP contribution in [0.5, 0.6) is 5.75 Å². The molecule has 4 fully saturated rings. The van der Waals surface area contributed by atoms with Gasteiger partial charge in [-0.05, 0) is 62.9 Å². The number of likely N-dealkylation sites (tertiary alicyclic amines) is 1. The second-order valence-corrected chi connectivity index (χ2v) is 10.8. The fourth-order valence-electron chi connectivity index (χ4n) is 5.62. The molecule has 0 amide bonds. The van der Waals surface area contributed by atoms with Crippen LogP contribution in [0, 0.1) is 5.41 Å². The van der Waals surface area contributed by atoms with Crippen molar-refractivity contribution in [2.45, 2.75) is 61.7 Å². The van der Waals surface area contributed by atoms with E-state index in [0.29, 0.717) is 11.5 Å². The summed E-state index contributed by atoms with van der Waals surface area (Å²) < 4.78 is 62.7. The molecule has 1 aromatic carbocycles. The van der Waals surface area contributed by atoms with E-state index in [2.05, 4.69) is 9.64 Å². The second kappa shape index (κ2) is 7.14. The molecule has 0 aromatic heterocycles. The van der Waals surface area contributed by atoms with Crippen LogP contribution >= 0.6 is 0 Å². The summed E-state index contributed by atoms with van der Waals surface area (Å²) in [4.78, 5) is 2.69. The molecule has 6 nitrogen and oxygen atoms in total. The number of sulfonamides is 1. The van der Waals surface area contributed by atoms with E-state index in [1.54, 1.807) is 4.31 Å². The van der Waals surface area contributed by atoms with Crippen molar-refractivity contribution >= 4 is 10.0 Å². The molecule has 9 heteroatoms. The number of hydrogen-bond acceptors (Lipinski definition) is 5. The van der Waals surface area contributed by atoms with Crippen molar-refractivity contribution in [2.24, 2.45) is 5.41 Å². The van der Waals surface area contributed by atoms with Crippen LogP contribution < -0.4 is 4.74 Å². The lowest BCUT2D eigenvalue weighted by Crippen LogP contribution is -2.53. The Labute approximate surface area is 169 Å². The lowest BCUT2D eigenvalue weighted by atomic mass is 9.85. The first-order valence-corrected chi connectivity index (χ1v) is 11.7. The SMILES string of the molecule is O=S(=O)(c1ccc(OC(F)F)cc1)N1C2CCC1CC(N1CCC3(COC3)C1)C2. The van der Waals surface area contributed by atoms with E-state index in [1.807, 2.05) is 0 Å². The van der Waals surface area contributed by atoms with Crippen molar-refractivity contribution in [1.29, 1.82) is 0 Å². The van der Waals surface area contributed by atoms with Gasteiger partial charge < -0.3 is 9.47 Å². The topological polar surface area (TPSA) is 59.1 Å². The Kier molecular flexibility index (Phi) is 4.84. The molecule has 29 heavy (non-hydrogen) atoms. The predicted octanol–water partition coefficient (Wildman–Crippen LogP) is 2.69. The van der Waals surface area contributed by atoms with Crippen molar-refractivity contribution in [3.8, 4) is 5.75 Å². The van der Waals surface area contributed by atoms with Gasteiger partial charge in [0.15, 0.2) is 0 Å². The number of nitrogens with zero attached hydrogens (tertiary/aromatic N) is 2. The Bertz CT molecular complexity index is 846. The summed E-state index contributed by atoms with van der Waals surface area (Å²) >= 11 is 0. The summed E-state index contributed by atoms with van der Waals surface area (Å²) in [6.45, 7) is 0.925. The first kappa shape index (κ1) is 19.7. The van der Waals surface area contributed by atoms with Gasteiger partial charge in [0.2, 0.25) is 10.0 Å². The maximum atomic E-state index is 13.3. The van der Waals surface area contributed by atoms with Crippen molar-refractivity contribution in [2.75, 3.05) is 26.3 Å². The third-order valence-corrected chi connectivity index (χ3v) is 9.09. The summed E-state index contributed by atoms with van der Waals surface area (Å²) in [5, 5.41) is 0. The van der Waals surface area contributed by atoms with E-state index in [0.717, 1.165) is 52.0 Å². The third-order valence-electron chi connectivity index (χ3n) is 7.07. The van der Waals surface area contributed by atoms with Gasteiger partial charge >= 0.3 is 6.61 Å². The highest BCUT2D eigenvalue weighted by Crippen LogP contribution is 2.45. The molecule has 5 rings (SSSR count). The Hall–Kier alpha value is -1.29.